The van der Waals surface area contributed by atoms with Gasteiger partial charge >= 0.3 is 0 Å². The Morgan fingerprint density at radius 1 is 1.33 bits per heavy atom. The molecule has 0 aliphatic heterocycles. The first-order chi connectivity index (χ1) is 8.71. The van der Waals surface area contributed by atoms with E-state index in [0.717, 1.165) is 17.2 Å². The van der Waals surface area contributed by atoms with Crippen molar-refractivity contribution in [2.24, 2.45) is 5.92 Å². The number of ether oxygens (including phenoxy) is 1. The lowest BCUT2D eigenvalue weighted by molar-refractivity contribution is 0.371. The Morgan fingerprint density at radius 3 is 2.72 bits per heavy atom. The molecule has 1 unspecified atom stereocenters. The summed E-state index contributed by atoms with van der Waals surface area (Å²) in [7, 11) is 1.67. The molecule has 0 aliphatic carbocycles. The summed E-state index contributed by atoms with van der Waals surface area (Å²) in [5, 5.41) is 0. The first-order valence-electron chi connectivity index (χ1n) is 7.03. The number of methoxy groups -OCH3 is 1. The van der Waals surface area contributed by atoms with Crippen LogP contribution in [0.3, 0.4) is 0 Å². The van der Waals surface area contributed by atoms with Gasteiger partial charge < -0.3 is 4.74 Å². The Hall–Kier alpha value is -1.24. The molecular weight excluding hydrogens is 220 g/mol. The second-order valence-corrected chi connectivity index (χ2v) is 4.95. The smallest absolute Gasteiger partial charge is 0.118 e. The van der Waals surface area contributed by atoms with Crippen LogP contribution in [0.4, 0.5) is 0 Å². The first-order valence-corrected chi connectivity index (χ1v) is 7.03. The van der Waals surface area contributed by atoms with E-state index in [2.05, 4.69) is 44.7 Å². The minimum atomic E-state index is 0.749. The molecule has 1 aromatic carbocycles. The highest BCUT2D eigenvalue weighted by Crippen LogP contribution is 2.21. The normalized spacial score (nSPS) is 12.2. The van der Waals surface area contributed by atoms with Crippen LogP contribution >= 0.6 is 0 Å². The number of hydrogen-bond acceptors (Lipinski definition) is 1. The van der Waals surface area contributed by atoms with Crippen molar-refractivity contribution in [3.63, 3.8) is 0 Å². The van der Waals surface area contributed by atoms with Crippen molar-refractivity contribution in [3.05, 3.63) is 42.0 Å². The monoisotopic (exact) mass is 246 g/mol. The summed E-state index contributed by atoms with van der Waals surface area (Å²) >= 11 is 0. The van der Waals surface area contributed by atoms with Gasteiger partial charge in [-0.25, -0.2) is 0 Å². The molecule has 0 saturated heterocycles. The van der Waals surface area contributed by atoms with Crippen molar-refractivity contribution in [1.29, 1.82) is 0 Å². The summed E-state index contributed by atoms with van der Waals surface area (Å²) in [6.45, 7) is 8.46. The fourth-order valence-corrected chi connectivity index (χ4v) is 2.27. The molecule has 18 heavy (non-hydrogen) atoms. The molecule has 0 N–H and O–H groups in total. The molecule has 0 radical (unpaired) electrons. The van der Waals surface area contributed by atoms with Gasteiger partial charge in [0.25, 0.3) is 0 Å². The van der Waals surface area contributed by atoms with E-state index in [0.29, 0.717) is 0 Å². The number of benzene rings is 1. The van der Waals surface area contributed by atoms with Crippen LogP contribution in [0.5, 0.6) is 0 Å². The van der Waals surface area contributed by atoms with Crippen LogP contribution in [-0.4, -0.2) is 7.11 Å². The van der Waals surface area contributed by atoms with Crippen LogP contribution in [-0.2, 0) is 11.2 Å². The second kappa shape index (κ2) is 7.97. The Bertz CT molecular complexity index is 368. The van der Waals surface area contributed by atoms with Gasteiger partial charge in [-0.3, -0.25) is 0 Å². The lowest BCUT2D eigenvalue weighted by atomic mass is 9.91. The van der Waals surface area contributed by atoms with Crippen LogP contribution < -0.4 is 0 Å². The first kappa shape index (κ1) is 14.8. The van der Waals surface area contributed by atoms with Crippen LogP contribution in [0, 0.1) is 5.92 Å². The molecule has 1 rings (SSSR count). The predicted octanol–water partition coefficient (Wildman–Crippen LogP) is 5.06. The average Bonchev–Trinajstić information content (AvgIpc) is 2.42. The molecule has 100 valence electrons. The van der Waals surface area contributed by atoms with Gasteiger partial charge in [-0.2, -0.15) is 0 Å². The number of hydrogen-bond donors (Lipinski definition) is 0. The van der Waals surface area contributed by atoms with Crippen molar-refractivity contribution in [2.45, 2.75) is 46.0 Å². The molecule has 0 bridgehead atoms. The van der Waals surface area contributed by atoms with E-state index in [4.69, 9.17) is 4.74 Å². The van der Waals surface area contributed by atoms with Crippen molar-refractivity contribution in [3.8, 4) is 0 Å². The molecule has 0 heterocycles. The van der Waals surface area contributed by atoms with Crippen molar-refractivity contribution in [2.75, 3.05) is 7.11 Å². The molecule has 1 aromatic rings. The molecule has 0 aromatic heterocycles. The maximum atomic E-state index is 5.19. The maximum Gasteiger partial charge on any atom is 0.118 e. The quantitative estimate of drug-likeness (QED) is 0.582. The fraction of sp³-hybridized carbons (Fsp3) is 0.529. The van der Waals surface area contributed by atoms with Crippen molar-refractivity contribution < 1.29 is 4.74 Å². The molecule has 0 spiro atoms. The van der Waals surface area contributed by atoms with Gasteiger partial charge in [0.15, 0.2) is 0 Å². The lowest BCUT2D eigenvalue weighted by Crippen LogP contribution is -2.03. The van der Waals surface area contributed by atoms with E-state index in [1.54, 1.807) is 7.11 Å². The van der Waals surface area contributed by atoms with Gasteiger partial charge in [-0.15, -0.1) is 0 Å². The third-order valence-corrected chi connectivity index (χ3v) is 3.56. The zero-order valence-corrected chi connectivity index (χ0v) is 12.0. The number of rotatable bonds is 8. The topological polar surface area (TPSA) is 9.23 Å². The van der Waals surface area contributed by atoms with Gasteiger partial charge in [0, 0.05) is 5.56 Å². The van der Waals surface area contributed by atoms with E-state index in [-0.39, 0.29) is 0 Å². The van der Waals surface area contributed by atoms with E-state index in [1.807, 2.05) is 0 Å². The fourth-order valence-electron chi connectivity index (χ4n) is 2.27. The molecule has 0 aliphatic rings. The van der Waals surface area contributed by atoms with Gasteiger partial charge in [-0.05, 0) is 24.0 Å². The second-order valence-electron chi connectivity index (χ2n) is 4.95. The van der Waals surface area contributed by atoms with E-state index < -0.39 is 0 Å². The van der Waals surface area contributed by atoms with Crippen LogP contribution in [0.2, 0.25) is 0 Å². The Labute approximate surface area is 112 Å². The summed E-state index contributed by atoms with van der Waals surface area (Å²) < 4.78 is 5.19. The molecule has 1 nitrogen and oxygen atoms in total. The highest BCUT2D eigenvalue weighted by Gasteiger charge is 2.08. The van der Waals surface area contributed by atoms with Gasteiger partial charge in [0.1, 0.15) is 5.76 Å². The highest BCUT2D eigenvalue weighted by atomic mass is 16.5. The SMILES string of the molecule is C=C(OC)c1cccc(CC(CC)CCCC)c1. The van der Waals surface area contributed by atoms with Crippen LogP contribution in [0.15, 0.2) is 30.8 Å². The minimum absolute atomic E-state index is 0.749. The van der Waals surface area contributed by atoms with Gasteiger partial charge in [0.2, 0.25) is 0 Å². The minimum Gasteiger partial charge on any atom is -0.497 e. The molecular formula is C17H26O. The van der Waals surface area contributed by atoms with Crippen LogP contribution in [0.25, 0.3) is 5.76 Å². The average molecular weight is 246 g/mol. The Morgan fingerprint density at radius 2 is 2.11 bits per heavy atom. The largest absolute Gasteiger partial charge is 0.497 e. The van der Waals surface area contributed by atoms with E-state index >= 15 is 0 Å². The molecule has 1 atom stereocenters. The zero-order chi connectivity index (χ0) is 13.4. The third-order valence-electron chi connectivity index (χ3n) is 3.56. The lowest BCUT2D eigenvalue weighted by Gasteiger charge is -2.15. The van der Waals surface area contributed by atoms with Crippen molar-refractivity contribution >= 4 is 5.76 Å². The van der Waals surface area contributed by atoms with E-state index in [9.17, 15) is 0 Å². The van der Waals surface area contributed by atoms with Gasteiger partial charge in [0.05, 0.1) is 7.11 Å². The molecule has 0 saturated carbocycles. The predicted molar refractivity (Wildman–Crippen MR) is 79.5 cm³/mol. The molecule has 0 fully saturated rings. The summed E-state index contributed by atoms with van der Waals surface area (Å²) in [6, 6.07) is 8.57. The standard InChI is InChI=1S/C17H26O/c1-5-7-9-15(6-2)12-16-10-8-11-17(13-16)14(3)18-4/h8,10-11,13,15H,3,5-7,9,12H2,1-2,4H3. The summed E-state index contributed by atoms with van der Waals surface area (Å²) in [5.41, 5.74) is 2.49. The Balaban J connectivity index is 2.68. The maximum absolute atomic E-state index is 5.19. The highest BCUT2D eigenvalue weighted by molar-refractivity contribution is 5.57. The summed E-state index contributed by atoms with van der Waals surface area (Å²) in [6.07, 6.45) is 6.39. The van der Waals surface area contributed by atoms with Crippen molar-refractivity contribution in [1.82, 2.24) is 0 Å². The van der Waals surface area contributed by atoms with Gasteiger partial charge in [-0.1, -0.05) is 64.3 Å². The summed E-state index contributed by atoms with van der Waals surface area (Å²) in [5.74, 6) is 1.55. The van der Waals surface area contributed by atoms with E-state index in [1.165, 1.54) is 37.7 Å². The Kier molecular flexibility index (Phi) is 6.56. The molecule has 1 heteroatoms. The number of unbranched alkanes of at least 4 members (excludes halogenated alkanes) is 1. The summed E-state index contributed by atoms with van der Waals surface area (Å²) in [4.78, 5) is 0. The zero-order valence-electron chi connectivity index (χ0n) is 12.0. The third kappa shape index (κ3) is 4.56. The van der Waals surface area contributed by atoms with Crippen LogP contribution in [0.1, 0.15) is 50.7 Å². The molecule has 0 amide bonds.